The van der Waals surface area contributed by atoms with Gasteiger partial charge in [0.05, 0.1) is 6.61 Å². The van der Waals surface area contributed by atoms with Gasteiger partial charge in [-0.1, -0.05) is 0 Å². The molecule has 78 valence electrons. The average Bonchev–Trinajstić information content (AvgIpc) is 2.13. The molecule has 1 N–H and O–H groups in total. The second-order valence-electron chi connectivity index (χ2n) is 2.91. The van der Waals surface area contributed by atoms with E-state index >= 15 is 0 Å². The largest absolute Gasteiger partial charge is 0.388 e. The molecule has 0 radical (unpaired) electrons. The maximum absolute atomic E-state index is 9.51. The highest BCUT2D eigenvalue weighted by atomic mass is 16.7. The number of ether oxygens (including phenoxy) is 4. The third kappa shape index (κ3) is 2.62. The minimum Gasteiger partial charge on any atom is -0.388 e. The van der Waals surface area contributed by atoms with Gasteiger partial charge in [-0.15, -0.1) is 0 Å². The summed E-state index contributed by atoms with van der Waals surface area (Å²) in [6.45, 7) is 2.01. The van der Waals surface area contributed by atoms with Crippen molar-refractivity contribution in [2.24, 2.45) is 0 Å². The van der Waals surface area contributed by atoms with Crippen molar-refractivity contribution in [1.29, 1.82) is 0 Å². The van der Waals surface area contributed by atoms with Crippen LogP contribution < -0.4 is 0 Å². The minimum atomic E-state index is -0.707. The Morgan fingerprint density at radius 2 is 2.00 bits per heavy atom. The Morgan fingerprint density at radius 3 is 2.54 bits per heavy atom. The van der Waals surface area contributed by atoms with E-state index in [0.29, 0.717) is 0 Å². The van der Waals surface area contributed by atoms with E-state index in [1.54, 1.807) is 6.92 Å². The summed E-state index contributed by atoms with van der Waals surface area (Å²) in [5.74, 6) is 0. The summed E-state index contributed by atoms with van der Waals surface area (Å²) in [6.07, 6.45) is -2.08. The summed E-state index contributed by atoms with van der Waals surface area (Å²) >= 11 is 0. The van der Waals surface area contributed by atoms with Crippen LogP contribution in [0, 0.1) is 0 Å². The summed E-state index contributed by atoms with van der Waals surface area (Å²) in [5.41, 5.74) is 0. The van der Waals surface area contributed by atoms with Crippen molar-refractivity contribution in [3.05, 3.63) is 0 Å². The van der Waals surface area contributed by atoms with Crippen molar-refractivity contribution in [2.45, 2.75) is 31.7 Å². The number of methoxy groups -OCH3 is 2. The lowest BCUT2D eigenvalue weighted by Gasteiger charge is -2.35. The molecular formula is C8H16O5. The lowest BCUT2D eigenvalue weighted by molar-refractivity contribution is -0.300. The van der Waals surface area contributed by atoms with Gasteiger partial charge in [0.2, 0.25) is 0 Å². The van der Waals surface area contributed by atoms with Gasteiger partial charge in [-0.25, -0.2) is 0 Å². The van der Waals surface area contributed by atoms with Crippen molar-refractivity contribution in [2.75, 3.05) is 20.8 Å². The fraction of sp³-hybridized carbons (Fsp3) is 1.00. The number of aliphatic hydroxyl groups is 1. The monoisotopic (exact) mass is 192 g/mol. The van der Waals surface area contributed by atoms with E-state index in [1.165, 1.54) is 14.2 Å². The summed E-state index contributed by atoms with van der Waals surface area (Å²) in [5, 5.41) is 9.51. The van der Waals surface area contributed by atoms with Crippen LogP contribution in [-0.2, 0) is 18.9 Å². The molecule has 13 heavy (non-hydrogen) atoms. The first-order chi connectivity index (χ1) is 6.19. The molecule has 0 aromatic carbocycles. The lowest BCUT2D eigenvalue weighted by atomic mass is 10.2. The van der Waals surface area contributed by atoms with Crippen LogP contribution in [0.5, 0.6) is 0 Å². The molecule has 1 aliphatic rings. The van der Waals surface area contributed by atoms with Gasteiger partial charge in [0.15, 0.2) is 12.6 Å². The molecule has 0 saturated carbocycles. The van der Waals surface area contributed by atoms with E-state index in [0.717, 1.165) is 0 Å². The molecule has 1 heterocycles. The van der Waals surface area contributed by atoms with Gasteiger partial charge in [-0.3, -0.25) is 0 Å². The van der Waals surface area contributed by atoms with Crippen molar-refractivity contribution in [3.63, 3.8) is 0 Å². The third-order valence-electron chi connectivity index (χ3n) is 1.96. The molecule has 3 atom stereocenters. The van der Waals surface area contributed by atoms with Crippen molar-refractivity contribution in [1.82, 2.24) is 0 Å². The topological polar surface area (TPSA) is 57.2 Å². The molecule has 0 aromatic rings. The Labute approximate surface area is 77.5 Å². The SMILES string of the molecule is COC(OC)C1OC(C)OCC1O. The summed E-state index contributed by atoms with van der Waals surface area (Å²) in [6, 6.07) is 0. The van der Waals surface area contributed by atoms with E-state index in [-0.39, 0.29) is 12.9 Å². The van der Waals surface area contributed by atoms with Crippen LogP contribution in [0.4, 0.5) is 0 Å². The van der Waals surface area contributed by atoms with E-state index < -0.39 is 18.5 Å². The van der Waals surface area contributed by atoms with E-state index in [9.17, 15) is 5.11 Å². The zero-order chi connectivity index (χ0) is 9.84. The molecule has 1 aliphatic heterocycles. The minimum absolute atomic E-state index is 0.245. The fourth-order valence-corrected chi connectivity index (χ4v) is 1.29. The normalized spacial score (nSPS) is 35.3. The van der Waals surface area contributed by atoms with Crippen LogP contribution in [0.25, 0.3) is 0 Å². The first-order valence-electron chi connectivity index (χ1n) is 4.19. The Balaban J connectivity index is 2.53. The Kier molecular flexibility index (Phi) is 4.08. The van der Waals surface area contributed by atoms with Gasteiger partial charge in [-0.05, 0) is 6.92 Å². The second kappa shape index (κ2) is 4.88. The maximum atomic E-state index is 9.51. The molecule has 0 amide bonds. The fourth-order valence-electron chi connectivity index (χ4n) is 1.29. The molecule has 1 saturated heterocycles. The maximum Gasteiger partial charge on any atom is 0.185 e. The zero-order valence-electron chi connectivity index (χ0n) is 8.10. The zero-order valence-corrected chi connectivity index (χ0v) is 8.10. The summed E-state index contributed by atoms with van der Waals surface area (Å²) in [4.78, 5) is 0. The molecule has 0 aliphatic carbocycles. The molecule has 5 heteroatoms. The highest BCUT2D eigenvalue weighted by Crippen LogP contribution is 2.17. The summed E-state index contributed by atoms with van der Waals surface area (Å²) < 4.78 is 20.4. The lowest BCUT2D eigenvalue weighted by Crippen LogP contribution is -2.50. The predicted molar refractivity (Wildman–Crippen MR) is 44.1 cm³/mol. The molecule has 1 fully saturated rings. The van der Waals surface area contributed by atoms with Gasteiger partial charge in [0.1, 0.15) is 12.2 Å². The molecule has 0 spiro atoms. The van der Waals surface area contributed by atoms with Crippen LogP contribution in [0.1, 0.15) is 6.92 Å². The quantitative estimate of drug-likeness (QED) is 0.624. The Bertz CT molecular complexity index is 147. The van der Waals surface area contributed by atoms with Gasteiger partial charge in [0, 0.05) is 14.2 Å². The first kappa shape index (κ1) is 10.9. The second-order valence-corrected chi connectivity index (χ2v) is 2.91. The smallest absolute Gasteiger partial charge is 0.185 e. The molecule has 5 nitrogen and oxygen atoms in total. The van der Waals surface area contributed by atoms with Crippen LogP contribution >= 0.6 is 0 Å². The highest BCUT2D eigenvalue weighted by molar-refractivity contribution is 4.75. The predicted octanol–water partition coefficient (Wildman–Crippen LogP) is -0.272. The molecule has 0 aromatic heterocycles. The Hall–Kier alpha value is -0.200. The standard InChI is InChI=1S/C8H16O5/c1-5-12-4-6(9)7(13-5)8(10-2)11-3/h5-9H,4H2,1-3H3. The van der Waals surface area contributed by atoms with Gasteiger partial charge < -0.3 is 24.1 Å². The van der Waals surface area contributed by atoms with Crippen LogP contribution in [0.3, 0.4) is 0 Å². The van der Waals surface area contributed by atoms with Gasteiger partial charge in [-0.2, -0.15) is 0 Å². The third-order valence-corrected chi connectivity index (χ3v) is 1.96. The molecule has 0 bridgehead atoms. The van der Waals surface area contributed by atoms with E-state index in [4.69, 9.17) is 18.9 Å². The first-order valence-corrected chi connectivity index (χ1v) is 4.19. The van der Waals surface area contributed by atoms with Crippen molar-refractivity contribution < 1.29 is 24.1 Å². The van der Waals surface area contributed by atoms with E-state index in [1.807, 2.05) is 0 Å². The van der Waals surface area contributed by atoms with Crippen LogP contribution in [0.15, 0.2) is 0 Å². The van der Waals surface area contributed by atoms with Gasteiger partial charge >= 0.3 is 0 Å². The van der Waals surface area contributed by atoms with Crippen LogP contribution in [0.2, 0.25) is 0 Å². The summed E-state index contributed by atoms with van der Waals surface area (Å²) in [7, 11) is 3.01. The number of aliphatic hydroxyl groups excluding tert-OH is 1. The Morgan fingerprint density at radius 1 is 1.38 bits per heavy atom. The number of hydrogen-bond donors (Lipinski definition) is 1. The number of hydrogen-bond acceptors (Lipinski definition) is 5. The highest BCUT2D eigenvalue weighted by Gasteiger charge is 2.35. The number of rotatable bonds is 3. The van der Waals surface area contributed by atoms with E-state index in [2.05, 4.69) is 0 Å². The van der Waals surface area contributed by atoms with Gasteiger partial charge in [0.25, 0.3) is 0 Å². The average molecular weight is 192 g/mol. The molecule has 3 unspecified atom stereocenters. The van der Waals surface area contributed by atoms with Crippen molar-refractivity contribution >= 4 is 0 Å². The molecule has 1 rings (SSSR count). The van der Waals surface area contributed by atoms with Crippen molar-refractivity contribution in [3.8, 4) is 0 Å². The van der Waals surface area contributed by atoms with Crippen LogP contribution in [-0.4, -0.2) is 50.7 Å². The molecular weight excluding hydrogens is 176 g/mol.